The van der Waals surface area contributed by atoms with Gasteiger partial charge >= 0.3 is 0 Å². The number of tetrazole rings is 1. The van der Waals surface area contributed by atoms with Gasteiger partial charge in [-0.05, 0) is 23.4 Å². The third-order valence-electron chi connectivity index (χ3n) is 1.97. The van der Waals surface area contributed by atoms with E-state index in [2.05, 4.69) is 21.0 Å². The maximum absolute atomic E-state index is 10.0. The van der Waals surface area contributed by atoms with Crippen LogP contribution < -0.4 is 5.43 Å². The second-order valence-corrected chi connectivity index (χ2v) is 3.17. The molecule has 0 aromatic carbocycles. The van der Waals surface area contributed by atoms with Crippen molar-refractivity contribution in [3.05, 3.63) is 30.1 Å². The Balaban J connectivity index is 2.15. The Kier molecular flexibility index (Phi) is 2.05. The summed E-state index contributed by atoms with van der Waals surface area (Å²) in [6.07, 6.45) is 7.67. The number of hydrogen-bond acceptors (Lipinski definition) is 5. The molecule has 0 unspecified atom stereocenters. The number of nitrogens with one attached hydrogen (secondary N) is 1. The molecular weight excluding hydrogens is 182 g/mol. The SMILES string of the molecule is Cc1nnnn1N[C@@]1(O)C=CC=CC1. The lowest BCUT2D eigenvalue weighted by Crippen LogP contribution is -2.42. The standard InChI is InChI=1S/C8H11N5O/c1-7-9-11-12-13(7)10-8(14)5-3-2-4-6-8/h2-5,10,14H,6H2,1H3/t8-/m1/s1. The van der Waals surface area contributed by atoms with Gasteiger partial charge in [-0.1, -0.05) is 18.2 Å². The van der Waals surface area contributed by atoms with Gasteiger partial charge in [0.2, 0.25) is 0 Å². The quantitative estimate of drug-likeness (QED) is 0.632. The van der Waals surface area contributed by atoms with Crippen LogP contribution in [0.1, 0.15) is 12.2 Å². The molecule has 1 aromatic heterocycles. The fraction of sp³-hybridized carbons (Fsp3) is 0.375. The molecule has 1 aromatic rings. The summed E-state index contributed by atoms with van der Waals surface area (Å²) < 4.78 is 0. The fourth-order valence-electron chi connectivity index (χ4n) is 1.21. The summed E-state index contributed by atoms with van der Waals surface area (Å²) >= 11 is 0. The van der Waals surface area contributed by atoms with Crippen LogP contribution in [0, 0.1) is 6.92 Å². The van der Waals surface area contributed by atoms with Crippen molar-refractivity contribution in [2.45, 2.75) is 19.1 Å². The van der Waals surface area contributed by atoms with E-state index in [0.717, 1.165) is 0 Å². The van der Waals surface area contributed by atoms with Crippen LogP contribution in [0.15, 0.2) is 24.3 Å². The Hall–Kier alpha value is -1.69. The molecule has 1 aliphatic rings. The molecule has 1 atom stereocenters. The molecule has 6 heteroatoms. The molecule has 74 valence electrons. The molecule has 2 N–H and O–H groups in total. The number of rotatable bonds is 2. The van der Waals surface area contributed by atoms with E-state index >= 15 is 0 Å². The predicted octanol–water partition coefficient (Wildman–Crippen LogP) is -0.270. The van der Waals surface area contributed by atoms with E-state index in [1.165, 1.54) is 4.79 Å². The summed E-state index contributed by atoms with van der Waals surface area (Å²) in [5, 5.41) is 20.8. The van der Waals surface area contributed by atoms with Gasteiger partial charge in [0, 0.05) is 6.42 Å². The summed E-state index contributed by atoms with van der Waals surface area (Å²) in [6, 6.07) is 0. The number of aryl methyl sites for hydroxylation is 1. The highest BCUT2D eigenvalue weighted by Crippen LogP contribution is 2.14. The first-order chi connectivity index (χ1) is 6.70. The first-order valence-electron chi connectivity index (χ1n) is 4.29. The van der Waals surface area contributed by atoms with Crippen molar-refractivity contribution < 1.29 is 5.11 Å². The average Bonchev–Trinajstić information content (AvgIpc) is 2.52. The van der Waals surface area contributed by atoms with Crippen LogP contribution in [0.3, 0.4) is 0 Å². The third kappa shape index (κ3) is 1.64. The number of nitrogens with zero attached hydrogens (tertiary/aromatic N) is 4. The zero-order valence-electron chi connectivity index (χ0n) is 7.75. The Bertz CT molecular complexity index is 383. The number of aliphatic hydroxyl groups is 1. The van der Waals surface area contributed by atoms with Gasteiger partial charge in [-0.2, -0.15) is 0 Å². The van der Waals surface area contributed by atoms with Crippen LogP contribution in [0.5, 0.6) is 0 Å². The molecule has 2 rings (SSSR count). The summed E-state index contributed by atoms with van der Waals surface area (Å²) in [4.78, 5) is 1.35. The monoisotopic (exact) mass is 193 g/mol. The molecule has 0 aliphatic heterocycles. The first-order valence-corrected chi connectivity index (χ1v) is 4.29. The summed E-state index contributed by atoms with van der Waals surface area (Å²) in [7, 11) is 0. The molecule has 0 saturated heterocycles. The van der Waals surface area contributed by atoms with Gasteiger partial charge < -0.3 is 5.11 Å². The molecule has 0 bridgehead atoms. The maximum Gasteiger partial charge on any atom is 0.173 e. The highest BCUT2D eigenvalue weighted by atomic mass is 16.3. The lowest BCUT2D eigenvalue weighted by molar-refractivity contribution is 0.105. The smallest absolute Gasteiger partial charge is 0.173 e. The van der Waals surface area contributed by atoms with Crippen LogP contribution >= 0.6 is 0 Å². The number of hydrogen-bond donors (Lipinski definition) is 2. The van der Waals surface area contributed by atoms with E-state index in [-0.39, 0.29) is 0 Å². The van der Waals surface area contributed by atoms with E-state index in [4.69, 9.17) is 0 Å². The Morgan fingerprint density at radius 2 is 2.43 bits per heavy atom. The van der Waals surface area contributed by atoms with Crippen molar-refractivity contribution >= 4 is 0 Å². The summed E-state index contributed by atoms with van der Waals surface area (Å²) in [6.45, 7) is 1.75. The molecule has 1 aliphatic carbocycles. The fourth-order valence-corrected chi connectivity index (χ4v) is 1.21. The van der Waals surface area contributed by atoms with Gasteiger partial charge in [0.1, 0.15) is 0 Å². The van der Waals surface area contributed by atoms with E-state index in [9.17, 15) is 5.11 Å². The van der Waals surface area contributed by atoms with Gasteiger partial charge in [-0.25, -0.2) is 0 Å². The lowest BCUT2D eigenvalue weighted by atomic mass is 10.1. The largest absolute Gasteiger partial charge is 0.366 e. The Labute approximate surface area is 80.9 Å². The van der Waals surface area contributed by atoms with Crippen LogP contribution in [-0.4, -0.2) is 31.1 Å². The van der Waals surface area contributed by atoms with Crippen LogP contribution in [0.25, 0.3) is 0 Å². The molecular formula is C8H11N5O. The molecule has 14 heavy (non-hydrogen) atoms. The van der Waals surface area contributed by atoms with Crippen molar-refractivity contribution in [2.75, 3.05) is 5.43 Å². The van der Waals surface area contributed by atoms with Gasteiger partial charge in [0.15, 0.2) is 11.5 Å². The molecule has 6 nitrogen and oxygen atoms in total. The lowest BCUT2D eigenvalue weighted by Gasteiger charge is -2.26. The van der Waals surface area contributed by atoms with Gasteiger partial charge in [-0.3, -0.25) is 5.43 Å². The number of aromatic nitrogens is 4. The minimum absolute atomic E-state index is 0.489. The van der Waals surface area contributed by atoms with Crippen LogP contribution in [0.4, 0.5) is 0 Å². The second kappa shape index (κ2) is 3.22. The minimum atomic E-state index is -1.10. The van der Waals surface area contributed by atoms with Gasteiger partial charge in [0.25, 0.3) is 0 Å². The first kappa shape index (κ1) is 8.89. The van der Waals surface area contributed by atoms with E-state index in [1.54, 1.807) is 19.1 Å². The predicted molar refractivity (Wildman–Crippen MR) is 49.8 cm³/mol. The average molecular weight is 193 g/mol. The van der Waals surface area contributed by atoms with Crippen molar-refractivity contribution in [3.8, 4) is 0 Å². The van der Waals surface area contributed by atoms with Crippen molar-refractivity contribution in [3.63, 3.8) is 0 Å². The highest BCUT2D eigenvalue weighted by Gasteiger charge is 2.24. The molecule has 0 saturated carbocycles. The van der Waals surface area contributed by atoms with E-state index in [0.29, 0.717) is 12.2 Å². The van der Waals surface area contributed by atoms with Gasteiger partial charge in [-0.15, -0.1) is 9.89 Å². The van der Waals surface area contributed by atoms with Crippen molar-refractivity contribution in [1.82, 2.24) is 20.3 Å². The van der Waals surface area contributed by atoms with Crippen LogP contribution in [0.2, 0.25) is 0 Å². The molecule has 0 fully saturated rings. The molecule has 0 radical (unpaired) electrons. The highest BCUT2D eigenvalue weighted by molar-refractivity contribution is 5.20. The Morgan fingerprint density at radius 1 is 1.57 bits per heavy atom. The van der Waals surface area contributed by atoms with Crippen molar-refractivity contribution in [1.29, 1.82) is 0 Å². The van der Waals surface area contributed by atoms with E-state index < -0.39 is 5.72 Å². The van der Waals surface area contributed by atoms with Crippen LogP contribution in [-0.2, 0) is 0 Å². The van der Waals surface area contributed by atoms with Gasteiger partial charge in [0.05, 0.1) is 0 Å². The topological polar surface area (TPSA) is 75.9 Å². The normalized spacial score (nSPS) is 25.3. The minimum Gasteiger partial charge on any atom is -0.366 e. The van der Waals surface area contributed by atoms with Crippen molar-refractivity contribution in [2.24, 2.45) is 0 Å². The second-order valence-electron chi connectivity index (χ2n) is 3.17. The maximum atomic E-state index is 10.0. The molecule has 0 amide bonds. The third-order valence-corrected chi connectivity index (χ3v) is 1.97. The Morgan fingerprint density at radius 3 is 3.00 bits per heavy atom. The zero-order chi connectivity index (χ0) is 10.0. The summed E-state index contributed by atoms with van der Waals surface area (Å²) in [5.74, 6) is 0.598. The molecule has 1 heterocycles. The zero-order valence-corrected chi connectivity index (χ0v) is 7.75. The summed E-state index contributed by atoms with van der Waals surface area (Å²) in [5.41, 5.74) is 1.70. The molecule has 0 spiro atoms. The van der Waals surface area contributed by atoms with E-state index in [1.807, 2.05) is 12.2 Å². The number of allylic oxidation sites excluding steroid dienone is 2.